The third-order valence-corrected chi connectivity index (χ3v) is 4.58. The number of fused-ring (bicyclic) bond motifs is 1. The minimum absolute atomic E-state index is 0.130. The molecule has 3 aromatic rings. The number of benzene rings is 2. The summed E-state index contributed by atoms with van der Waals surface area (Å²) in [5.74, 6) is 0.0830. The van der Waals surface area contributed by atoms with Gasteiger partial charge in [0.2, 0.25) is 0 Å². The van der Waals surface area contributed by atoms with Gasteiger partial charge in [0.15, 0.2) is 0 Å². The number of hydrogen-bond acceptors (Lipinski definition) is 7. The zero-order valence-corrected chi connectivity index (χ0v) is 14.3. The summed E-state index contributed by atoms with van der Waals surface area (Å²) in [5, 5.41) is 21.4. The Kier molecular flexibility index (Phi) is 4.40. The molecule has 0 spiro atoms. The predicted molar refractivity (Wildman–Crippen MR) is 99.1 cm³/mol. The Labute approximate surface area is 153 Å². The van der Waals surface area contributed by atoms with Crippen molar-refractivity contribution in [2.75, 3.05) is 6.54 Å². The molecule has 1 aliphatic heterocycles. The molecule has 1 saturated heterocycles. The van der Waals surface area contributed by atoms with Crippen LogP contribution in [0.15, 0.2) is 52.1 Å². The predicted octanol–water partition coefficient (Wildman–Crippen LogP) is -0.00540. The molecule has 0 bridgehead atoms. The zero-order chi connectivity index (χ0) is 19.0. The van der Waals surface area contributed by atoms with E-state index in [1.165, 1.54) is 6.07 Å². The molecule has 0 aliphatic carbocycles. The van der Waals surface area contributed by atoms with E-state index in [4.69, 9.17) is 0 Å². The van der Waals surface area contributed by atoms with Gasteiger partial charge in [-0.05, 0) is 29.8 Å². The molecule has 1 aromatic heterocycles. The van der Waals surface area contributed by atoms with Gasteiger partial charge in [-0.2, -0.15) is 5.53 Å². The maximum atomic E-state index is 12.6. The lowest BCUT2D eigenvalue weighted by atomic mass is 10.2. The van der Waals surface area contributed by atoms with E-state index < -0.39 is 11.2 Å². The van der Waals surface area contributed by atoms with Crippen LogP contribution >= 0.6 is 0 Å². The smallest absolute Gasteiger partial charge is 0.328 e. The highest BCUT2D eigenvalue weighted by molar-refractivity contribution is 5.82. The zero-order valence-electron chi connectivity index (χ0n) is 14.3. The van der Waals surface area contributed by atoms with Gasteiger partial charge in [0, 0.05) is 19.6 Å². The van der Waals surface area contributed by atoms with E-state index in [1.54, 1.807) is 24.3 Å². The van der Waals surface area contributed by atoms with Crippen molar-refractivity contribution < 1.29 is 10.2 Å². The van der Waals surface area contributed by atoms with Gasteiger partial charge in [-0.3, -0.25) is 9.36 Å². The first kappa shape index (κ1) is 17.3. The van der Waals surface area contributed by atoms with E-state index in [-0.39, 0.29) is 35.0 Å². The Hall–Kier alpha value is -3.14. The van der Waals surface area contributed by atoms with E-state index in [0.717, 1.165) is 10.1 Å². The maximum Gasteiger partial charge on any atom is 0.328 e. The first-order valence-electron chi connectivity index (χ1n) is 8.50. The van der Waals surface area contributed by atoms with Crippen LogP contribution in [0.5, 0.6) is 11.5 Å². The molecule has 9 heteroatoms. The van der Waals surface area contributed by atoms with Crippen LogP contribution in [-0.2, 0) is 13.1 Å². The van der Waals surface area contributed by atoms with Crippen molar-refractivity contribution in [1.82, 2.24) is 25.5 Å². The summed E-state index contributed by atoms with van der Waals surface area (Å²) in [5.41, 5.74) is 6.25. The third kappa shape index (κ3) is 3.43. The lowest BCUT2D eigenvalue weighted by molar-refractivity contribution is 0.224. The second kappa shape index (κ2) is 6.88. The van der Waals surface area contributed by atoms with Crippen LogP contribution in [0.25, 0.3) is 10.9 Å². The molecule has 1 atom stereocenters. The topological polar surface area (TPSA) is 123 Å². The summed E-state index contributed by atoms with van der Waals surface area (Å²) in [7, 11) is 0. The number of aromatic nitrogens is 2. The van der Waals surface area contributed by atoms with E-state index in [2.05, 4.69) is 15.9 Å². The Morgan fingerprint density at radius 3 is 2.63 bits per heavy atom. The summed E-state index contributed by atoms with van der Waals surface area (Å²) in [6, 6.07) is 11.3. The van der Waals surface area contributed by atoms with Gasteiger partial charge in [-0.25, -0.2) is 15.2 Å². The lowest BCUT2D eigenvalue weighted by Crippen LogP contribution is -2.43. The van der Waals surface area contributed by atoms with Crippen molar-refractivity contribution in [2.45, 2.75) is 19.1 Å². The van der Waals surface area contributed by atoms with Crippen molar-refractivity contribution in [3.63, 3.8) is 0 Å². The quantitative estimate of drug-likeness (QED) is 0.438. The monoisotopic (exact) mass is 369 g/mol. The van der Waals surface area contributed by atoms with Gasteiger partial charge >= 0.3 is 5.69 Å². The third-order valence-electron chi connectivity index (χ3n) is 4.58. The second-order valence-electron chi connectivity index (χ2n) is 6.55. The first-order valence-corrected chi connectivity index (χ1v) is 8.50. The Morgan fingerprint density at radius 1 is 1.07 bits per heavy atom. The standard InChI is InChI=1S/C18H19N5O4/c24-13-6-4-11(5-7-13)8-22-9-12(20-21-22)10-23-17(26)14-2-1-3-15(25)16(14)19-18(23)27/h1-7,12,20-21,24-25H,8-10H2,(H,19,27). The first-order chi connectivity index (χ1) is 13.0. The molecular weight excluding hydrogens is 350 g/mol. The number of para-hydroxylation sites is 1. The van der Waals surface area contributed by atoms with Crippen LogP contribution < -0.4 is 22.2 Å². The summed E-state index contributed by atoms with van der Waals surface area (Å²) in [6.45, 7) is 1.35. The number of aromatic amines is 1. The molecule has 1 aliphatic rings. The normalized spacial score (nSPS) is 17.6. The fourth-order valence-electron chi connectivity index (χ4n) is 3.22. The fourth-order valence-corrected chi connectivity index (χ4v) is 3.22. The van der Waals surface area contributed by atoms with Gasteiger partial charge in [0.25, 0.3) is 5.56 Å². The van der Waals surface area contributed by atoms with E-state index >= 15 is 0 Å². The highest BCUT2D eigenvalue weighted by atomic mass is 16.3. The van der Waals surface area contributed by atoms with Crippen molar-refractivity contribution in [2.24, 2.45) is 0 Å². The SMILES string of the molecule is O=c1[nH]c2c(O)cccc2c(=O)n1CC1CN(Cc2ccc(O)cc2)NN1. The molecule has 140 valence electrons. The minimum Gasteiger partial charge on any atom is -0.508 e. The average Bonchev–Trinajstić information content (AvgIpc) is 3.09. The Morgan fingerprint density at radius 2 is 1.85 bits per heavy atom. The lowest BCUT2D eigenvalue weighted by Gasteiger charge is -2.14. The van der Waals surface area contributed by atoms with E-state index in [0.29, 0.717) is 13.1 Å². The molecule has 2 heterocycles. The van der Waals surface area contributed by atoms with Crippen molar-refractivity contribution in [3.05, 3.63) is 68.9 Å². The van der Waals surface area contributed by atoms with Crippen molar-refractivity contribution in [3.8, 4) is 11.5 Å². The number of H-pyrrole nitrogens is 1. The molecule has 1 fully saturated rings. The van der Waals surface area contributed by atoms with Crippen LogP contribution in [0.1, 0.15) is 5.56 Å². The highest BCUT2D eigenvalue weighted by Gasteiger charge is 2.23. The largest absolute Gasteiger partial charge is 0.508 e. The molecule has 2 aromatic carbocycles. The van der Waals surface area contributed by atoms with Crippen LogP contribution in [0.3, 0.4) is 0 Å². The Bertz CT molecular complexity index is 1090. The molecule has 0 saturated carbocycles. The fraction of sp³-hybridized carbons (Fsp3) is 0.222. The summed E-state index contributed by atoms with van der Waals surface area (Å²) < 4.78 is 1.13. The molecule has 0 radical (unpaired) electrons. The molecule has 5 N–H and O–H groups in total. The van der Waals surface area contributed by atoms with Crippen LogP contribution in [-0.4, -0.2) is 37.4 Å². The van der Waals surface area contributed by atoms with E-state index in [1.807, 2.05) is 17.1 Å². The molecule has 0 amide bonds. The number of hydrazine groups is 2. The number of phenolic OH excluding ortho intramolecular Hbond substituents is 2. The van der Waals surface area contributed by atoms with Gasteiger partial charge in [0.05, 0.1) is 16.9 Å². The average molecular weight is 369 g/mol. The number of hydrogen-bond donors (Lipinski definition) is 5. The number of rotatable bonds is 4. The molecule has 9 nitrogen and oxygen atoms in total. The van der Waals surface area contributed by atoms with Crippen LogP contribution in [0.4, 0.5) is 0 Å². The molecule has 4 rings (SSSR count). The van der Waals surface area contributed by atoms with Gasteiger partial charge < -0.3 is 15.2 Å². The summed E-state index contributed by atoms with van der Waals surface area (Å²) >= 11 is 0. The van der Waals surface area contributed by atoms with Gasteiger partial charge in [-0.15, -0.1) is 0 Å². The summed E-state index contributed by atoms with van der Waals surface area (Å²) in [6.07, 6.45) is 0. The molecule has 1 unspecified atom stereocenters. The van der Waals surface area contributed by atoms with Crippen LogP contribution in [0.2, 0.25) is 0 Å². The van der Waals surface area contributed by atoms with E-state index in [9.17, 15) is 19.8 Å². The molecular formula is C18H19N5O4. The highest BCUT2D eigenvalue weighted by Crippen LogP contribution is 2.18. The van der Waals surface area contributed by atoms with Crippen molar-refractivity contribution >= 4 is 10.9 Å². The summed E-state index contributed by atoms with van der Waals surface area (Å²) in [4.78, 5) is 27.5. The second-order valence-corrected chi connectivity index (χ2v) is 6.55. The van der Waals surface area contributed by atoms with Crippen LogP contribution in [0, 0.1) is 0 Å². The van der Waals surface area contributed by atoms with Crippen molar-refractivity contribution in [1.29, 1.82) is 0 Å². The Balaban J connectivity index is 1.51. The number of nitrogens with zero attached hydrogens (tertiary/aromatic N) is 2. The van der Waals surface area contributed by atoms with Gasteiger partial charge in [0.1, 0.15) is 11.5 Å². The number of aromatic hydroxyl groups is 2. The van der Waals surface area contributed by atoms with Gasteiger partial charge in [-0.1, -0.05) is 18.2 Å². The minimum atomic E-state index is -0.562. The maximum absolute atomic E-state index is 12.6. The molecule has 27 heavy (non-hydrogen) atoms. The number of phenols is 2. The number of nitrogens with one attached hydrogen (secondary N) is 3.